The highest BCUT2D eigenvalue weighted by Gasteiger charge is 2.62. The van der Waals surface area contributed by atoms with Gasteiger partial charge in [-0.25, -0.2) is 24.2 Å². The van der Waals surface area contributed by atoms with Gasteiger partial charge < -0.3 is 20.1 Å². The molecule has 1 saturated heterocycles. The zero-order chi connectivity index (χ0) is 35.8. The van der Waals surface area contributed by atoms with E-state index >= 15 is 0 Å². The van der Waals surface area contributed by atoms with Gasteiger partial charge in [0.2, 0.25) is 5.88 Å². The Labute approximate surface area is 286 Å². The van der Waals surface area contributed by atoms with E-state index in [1.807, 2.05) is 18.6 Å². The Morgan fingerprint density at radius 1 is 1.14 bits per heavy atom. The minimum Gasteiger partial charge on any atom is -0.477 e. The largest absolute Gasteiger partial charge is 0.477 e. The zero-order valence-corrected chi connectivity index (χ0v) is 28.6. The first-order chi connectivity index (χ1) is 22.9. The van der Waals surface area contributed by atoms with Crippen molar-refractivity contribution in [3.05, 3.63) is 52.8 Å². The minimum absolute atomic E-state index is 0.0770. The Morgan fingerprint density at radius 2 is 1.88 bits per heavy atom. The van der Waals surface area contributed by atoms with Crippen LogP contribution >= 0.6 is 11.6 Å². The second kappa shape index (κ2) is 13.7. The summed E-state index contributed by atoms with van der Waals surface area (Å²) in [5, 5.41) is 16.0. The monoisotopic (exact) mass is 727 g/mol. The first-order valence-corrected chi connectivity index (χ1v) is 17.5. The predicted molar refractivity (Wildman–Crippen MR) is 172 cm³/mol. The van der Waals surface area contributed by atoms with E-state index in [1.165, 1.54) is 40.0 Å². The molecule has 2 aliphatic rings. The molecule has 0 bridgehead atoms. The van der Waals surface area contributed by atoms with Crippen LogP contribution in [-0.4, -0.2) is 81.6 Å². The number of hydrogen-bond donors (Lipinski definition) is 3. The molecule has 1 unspecified atom stereocenters. The lowest BCUT2D eigenvalue weighted by atomic mass is 9.93. The van der Waals surface area contributed by atoms with E-state index in [1.54, 1.807) is 13.0 Å². The van der Waals surface area contributed by atoms with Gasteiger partial charge in [0, 0.05) is 30.9 Å². The van der Waals surface area contributed by atoms with E-state index in [4.69, 9.17) is 16.3 Å². The summed E-state index contributed by atoms with van der Waals surface area (Å²) in [7, 11) is -4.42. The Kier molecular flexibility index (Phi) is 10.1. The van der Waals surface area contributed by atoms with Gasteiger partial charge in [0.05, 0.1) is 17.6 Å². The molecule has 1 atom stereocenters. The number of likely N-dealkylation sites (tertiary alicyclic amines) is 1. The number of ether oxygens (including phenoxy) is 1. The molecular formula is C31H37ClF3N7O6S. The van der Waals surface area contributed by atoms with Crippen molar-refractivity contribution in [3.63, 3.8) is 0 Å². The van der Waals surface area contributed by atoms with Crippen LogP contribution < -0.4 is 14.8 Å². The van der Waals surface area contributed by atoms with Crippen molar-refractivity contribution in [2.75, 3.05) is 25.0 Å². The Balaban J connectivity index is 1.15. The van der Waals surface area contributed by atoms with Gasteiger partial charge in [-0.05, 0) is 89.0 Å². The predicted octanol–water partition coefficient (Wildman–Crippen LogP) is 5.82. The fourth-order valence-corrected chi connectivity index (χ4v) is 7.15. The number of hydrogen-bond acceptors (Lipinski definition) is 9. The van der Waals surface area contributed by atoms with Crippen LogP contribution in [-0.2, 0) is 10.0 Å². The summed E-state index contributed by atoms with van der Waals surface area (Å²) in [5.74, 6) is -0.273. The van der Waals surface area contributed by atoms with Crippen LogP contribution in [0.5, 0.6) is 5.88 Å². The fraction of sp³-hybridized carbons (Fsp3) is 0.516. The van der Waals surface area contributed by atoms with E-state index in [0.717, 1.165) is 12.8 Å². The van der Waals surface area contributed by atoms with Gasteiger partial charge in [0.1, 0.15) is 11.0 Å². The van der Waals surface area contributed by atoms with Crippen molar-refractivity contribution in [1.29, 1.82) is 0 Å². The zero-order valence-electron chi connectivity index (χ0n) is 27.1. The van der Waals surface area contributed by atoms with Crippen molar-refractivity contribution < 1.29 is 41.0 Å². The topological polar surface area (TPSA) is 169 Å². The smallest absolute Gasteiger partial charge is 0.407 e. The molecule has 3 aromatic rings. The number of nitrogens with zero attached hydrogens (tertiary/aromatic N) is 5. The Bertz CT molecular complexity index is 1830. The summed E-state index contributed by atoms with van der Waals surface area (Å²) in [4.78, 5) is 34.3. The highest BCUT2D eigenvalue weighted by Crippen LogP contribution is 2.59. The van der Waals surface area contributed by atoms with Crippen molar-refractivity contribution in [1.82, 2.24) is 29.4 Å². The van der Waals surface area contributed by atoms with Gasteiger partial charge in [0.15, 0.2) is 10.8 Å². The molecule has 0 aromatic carbocycles. The number of carbonyl (C=O) groups is 2. The molecule has 0 radical (unpaired) electrons. The number of sulfonamides is 1. The van der Waals surface area contributed by atoms with Crippen LogP contribution in [0, 0.1) is 18.3 Å². The number of nitrogens with one attached hydrogen (secondary N) is 2. The van der Waals surface area contributed by atoms with Crippen LogP contribution in [0.15, 0.2) is 41.6 Å². The van der Waals surface area contributed by atoms with E-state index in [0.29, 0.717) is 30.9 Å². The fourth-order valence-electron chi connectivity index (χ4n) is 5.99. The number of alkyl halides is 3. The molecule has 18 heteroatoms. The minimum atomic E-state index is -4.42. The second-order valence-corrected chi connectivity index (χ2v) is 15.1. The molecule has 13 nitrogen and oxygen atoms in total. The van der Waals surface area contributed by atoms with Crippen molar-refractivity contribution in [2.24, 2.45) is 11.3 Å². The van der Waals surface area contributed by atoms with Gasteiger partial charge in [-0.1, -0.05) is 17.7 Å². The number of pyridine rings is 2. The number of anilines is 1. The van der Waals surface area contributed by atoms with Crippen LogP contribution in [0.4, 0.5) is 23.8 Å². The SMILES string of the molecule is Cc1ccc(S(=O)(=O)NC(=O)c2ccc(-n3ccc(OCCC4(C(F)(F)F)CC4)n3)nc2Cl)nc1NCCCC1CN(C(=O)O)C(C)(C)C1. The van der Waals surface area contributed by atoms with Crippen molar-refractivity contribution >= 4 is 39.4 Å². The quantitative estimate of drug-likeness (QED) is 0.144. The molecule has 5 rings (SSSR count). The maximum atomic E-state index is 13.1. The van der Waals surface area contributed by atoms with Crippen LogP contribution in [0.3, 0.4) is 0 Å². The lowest BCUT2D eigenvalue weighted by molar-refractivity contribution is -0.190. The number of amides is 2. The van der Waals surface area contributed by atoms with E-state index in [2.05, 4.69) is 20.4 Å². The lowest BCUT2D eigenvalue weighted by Crippen LogP contribution is -2.41. The first kappa shape index (κ1) is 36.2. The summed E-state index contributed by atoms with van der Waals surface area (Å²) in [6.07, 6.45) is -1.53. The first-order valence-electron chi connectivity index (χ1n) is 15.6. The number of carboxylic acid groups (broad SMARTS) is 1. The molecule has 49 heavy (non-hydrogen) atoms. The van der Waals surface area contributed by atoms with Crippen LogP contribution in [0.2, 0.25) is 5.15 Å². The number of aryl methyl sites for hydroxylation is 1. The molecule has 2 amide bonds. The van der Waals surface area contributed by atoms with Crippen LogP contribution in [0.1, 0.15) is 68.3 Å². The highest BCUT2D eigenvalue weighted by atomic mass is 35.5. The normalized spacial score (nSPS) is 18.3. The standard InChI is InChI=1S/C31H37ClF3N7O6S/c1-19-6-9-24(38-26(19)36-14-4-5-20-17-29(2,3)41(18-20)28(44)45)49(46,47)40-27(43)21-7-8-22(37-25(21)32)42-15-10-23(39-42)48-16-13-30(11-12-30)31(33,34)35/h6-10,15,20H,4-5,11-14,16-18H2,1-3H3,(H,36,38)(H,40,43)(H,44,45). The summed E-state index contributed by atoms with van der Waals surface area (Å²) in [5.41, 5.74) is -1.66. The molecule has 3 aromatic heterocycles. The average molecular weight is 728 g/mol. The van der Waals surface area contributed by atoms with Crippen molar-refractivity contribution in [3.8, 4) is 11.7 Å². The van der Waals surface area contributed by atoms with Gasteiger partial charge in [-0.3, -0.25) is 4.79 Å². The van der Waals surface area contributed by atoms with Gasteiger partial charge in [0.25, 0.3) is 15.9 Å². The number of carbonyl (C=O) groups excluding carboxylic acids is 1. The molecule has 0 spiro atoms. The second-order valence-electron chi connectivity index (χ2n) is 13.1. The maximum absolute atomic E-state index is 13.1. The average Bonchev–Trinajstić information content (AvgIpc) is 3.55. The molecule has 266 valence electrons. The molecular weight excluding hydrogens is 691 g/mol. The number of aromatic nitrogens is 4. The van der Waals surface area contributed by atoms with Gasteiger partial charge in [-0.2, -0.15) is 21.6 Å². The summed E-state index contributed by atoms with van der Waals surface area (Å²) >= 11 is 6.24. The third kappa shape index (κ3) is 8.20. The number of rotatable bonds is 13. The molecule has 1 aliphatic carbocycles. The van der Waals surface area contributed by atoms with Gasteiger partial charge in [-0.15, -0.1) is 5.10 Å². The molecule has 1 aliphatic heterocycles. The van der Waals surface area contributed by atoms with Crippen molar-refractivity contribution in [2.45, 2.75) is 76.0 Å². The third-order valence-corrected chi connectivity index (χ3v) is 10.5. The molecule has 4 heterocycles. The summed E-state index contributed by atoms with van der Waals surface area (Å²) in [6, 6.07) is 6.90. The lowest BCUT2D eigenvalue weighted by Gasteiger charge is -2.28. The molecule has 1 saturated carbocycles. The van der Waals surface area contributed by atoms with Crippen LogP contribution in [0.25, 0.3) is 5.82 Å². The summed E-state index contributed by atoms with van der Waals surface area (Å²) < 4.78 is 74.2. The van der Waals surface area contributed by atoms with E-state index in [-0.39, 0.29) is 54.2 Å². The van der Waals surface area contributed by atoms with E-state index < -0.39 is 44.2 Å². The maximum Gasteiger partial charge on any atom is 0.407 e. The Morgan fingerprint density at radius 3 is 2.51 bits per heavy atom. The third-order valence-electron chi connectivity index (χ3n) is 9.01. The summed E-state index contributed by atoms with van der Waals surface area (Å²) in [6.45, 7) is 6.35. The Hall–Kier alpha value is -4.12. The highest BCUT2D eigenvalue weighted by molar-refractivity contribution is 7.90. The molecule has 2 fully saturated rings. The van der Waals surface area contributed by atoms with Gasteiger partial charge >= 0.3 is 12.3 Å². The molecule has 3 N–H and O–H groups in total. The van der Waals surface area contributed by atoms with E-state index in [9.17, 15) is 36.3 Å². The number of halogens is 4.